The van der Waals surface area contributed by atoms with Crippen molar-refractivity contribution in [3.63, 3.8) is 0 Å². The summed E-state index contributed by atoms with van der Waals surface area (Å²) in [5, 5.41) is 0. The molecule has 0 fully saturated rings. The number of esters is 3. The Morgan fingerprint density at radius 2 is 0.579 bits per heavy atom. The Kier molecular flexibility index (Phi) is 44.2. The van der Waals surface area contributed by atoms with Gasteiger partial charge in [0.05, 0.1) is 0 Å². The minimum absolute atomic E-state index is 0.0634. The van der Waals surface area contributed by atoms with Gasteiger partial charge in [0, 0.05) is 19.3 Å². The van der Waals surface area contributed by atoms with Gasteiger partial charge in [-0.25, -0.2) is 0 Å². The van der Waals surface area contributed by atoms with Crippen molar-refractivity contribution in [1.82, 2.24) is 0 Å². The van der Waals surface area contributed by atoms with E-state index in [4.69, 9.17) is 14.2 Å². The van der Waals surface area contributed by atoms with Crippen LogP contribution in [0.4, 0.5) is 0 Å². The third kappa shape index (κ3) is 45.3. The topological polar surface area (TPSA) is 78.9 Å². The maximum Gasteiger partial charge on any atom is 0.306 e. The summed E-state index contributed by atoms with van der Waals surface area (Å²) in [6, 6.07) is 0. The SMILES string of the molecule is CCCCCCCCCCCCCCCCCCCC(=O)O[C@H](COC(=O)CCCCCCCCCCCCC)COC(=O)CCCCCCCCCCC(C)C. The average Bonchev–Trinajstić information content (AvgIpc) is 3.19. The van der Waals surface area contributed by atoms with Gasteiger partial charge < -0.3 is 14.2 Å². The van der Waals surface area contributed by atoms with Crippen LogP contribution in [0.2, 0.25) is 0 Å². The lowest BCUT2D eigenvalue weighted by Gasteiger charge is -2.18. The van der Waals surface area contributed by atoms with E-state index < -0.39 is 6.10 Å². The summed E-state index contributed by atoms with van der Waals surface area (Å²) >= 11 is 0. The normalized spacial score (nSPS) is 11.9. The molecule has 338 valence electrons. The summed E-state index contributed by atoms with van der Waals surface area (Å²) in [5.74, 6) is -0.0520. The Bertz CT molecular complexity index is 857. The zero-order valence-corrected chi connectivity index (χ0v) is 38.8. The van der Waals surface area contributed by atoms with Crippen molar-refractivity contribution in [2.24, 2.45) is 5.92 Å². The van der Waals surface area contributed by atoms with Gasteiger partial charge in [0.1, 0.15) is 13.2 Å². The molecule has 1 atom stereocenters. The molecule has 0 saturated carbocycles. The van der Waals surface area contributed by atoms with Crippen LogP contribution in [0.25, 0.3) is 0 Å². The number of hydrogen-bond donors (Lipinski definition) is 0. The van der Waals surface area contributed by atoms with Crippen molar-refractivity contribution in [2.75, 3.05) is 13.2 Å². The van der Waals surface area contributed by atoms with Crippen LogP contribution in [0.5, 0.6) is 0 Å². The molecule has 0 aliphatic carbocycles. The van der Waals surface area contributed by atoms with Gasteiger partial charge in [0.2, 0.25) is 0 Å². The van der Waals surface area contributed by atoms with E-state index in [0.717, 1.165) is 63.7 Å². The maximum atomic E-state index is 12.8. The minimum Gasteiger partial charge on any atom is -0.462 e. The van der Waals surface area contributed by atoms with Crippen LogP contribution in [-0.2, 0) is 28.6 Å². The van der Waals surface area contributed by atoms with Gasteiger partial charge in [-0.3, -0.25) is 14.4 Å². The van der Waals surface area contributed by atoms with Gasteiger partial charge in [0.25, 0.3) is 0 Å². The van der Waals surface area contributed by atoms with Crippen LogP contribution < -0.4 is 0 Å². The molecule has 0 rings (SSSR count). The first-order valence-electron chi connectivity index (χ1n) is 25.4. The maximum absolute atomic E-state index is 12.8. The molecule has 0 aromatic carbocycles. The molecule has 0 amide bonds. The molecule has 0 heterocycles. The molecular formula is C51H98O6. The van der Waals surface area contributed by atoms with E-state index in [1.165, 1.54) is 180 Å². The highest BCUT2D eigenvalue weighted by Crippen LogP contribution is 2.17. The molecule has 0 saturated heterocycles. The Balaban J connectivity index is 4.28. The predicted molar refractivity (Wildman–Crippen MR) is 243 cm³/mol. The van der Waals surface area contributed by atoms with Crippen molar-refractivity contribution in [3.8, 4) is 0 Å². The van der Waals surface area contributed by atoms with Crippen molar-refractivity contribution in [1.29, 1.82) is 0 Å². The van der Waals surface area contributed by atoms with Crippen molar-refractivity contribution >= 4 is 17.9 Å². The second kappa shape index (κ2) is 45.5. The second-order valence-corrected chi connectivity index (χ2v) is 17.9. The lowest BCUT2D eigenvalue weighted by molar-refractivity contribution is -0.167. The number of rotatable bonds is 46. The highest BCUT2D eigenvalue weighted by Gasteiger charge is 2.19. The molecule has 57 heavy (non-hydrogen) atoms. The molecule has 0 spiro atoms. The highest BCUT2D eigenvalue weighted by molar-refractivity contribution is 5.71. The lowest BCUT2D eigenvalue weighted by Crippen LogP contribution is -2.30. The summed E-state index contributed by atoms with van der Waals surface area (Å²) < 4.78 is 16.8. The third-order valence-electron chi connectivity index (χ3n) is 11.5. The van der Waals surface area contributed by atoms with Gasteiger partial charge in [-0.1, -0.05) is 246 Å². The molecule has 0 aromatic rings. The van der Waals surface area contributed by atoms with E-state index in [-0.39, 0.29) is 31.1 Å². The number of carbonyl (C=O) groups excluding carboxylic acids is 3. The van der Waals surface area contributed by atoms with Gasteiger partial charge in [-0.2, -0.15) is 0 Å². The minimum atomic E-state index is -0.760. The van der Waals surface area contributed by atoms with Crippen LogP contribution in [0.15, 0.2) is 0 Å². The number of hydrogen-bond acceptors (Lipinski definition) is 6. The van der Waals surface area contributed by atoms with E-state index in [1.807, 2.05) is 0 Å². The van der Waals surface area contributed by atoms with Gasteiger partial charge in [-0.05, 0) is 25.2 Å². The summed E-state index contributed by atoms with van der Waals surface area (Å²) in [5.41, 5.74) is 0. The van der Waals surface area contributed by atoms with Gasteiger partial charge >= 0.3 is 17.9 Å². The van der Waals surface area contributed by atoms with Crippen LogP contribution >= 0.6 is 0 Å². The Labute approximate surface area is 355 Å². The molecule has 0 radical (unpaired) electrons. The van der Waals surface area contributed by atoms with E-state index in [9.17, 15) is 14.4 Å². The van der Waals surface area contributed by atoms with Crippen LogP contribution in [0, 0.1) is 5.92 Å². The average molecular weight is 807 g/mol. The first-order chi connectivity index (χ1) is 27.9. The zero-order chi connectivity index (χ0) is 41.7. The largest absolute Gasteiger partial charge is 0.462 e. The predicted octanol–water partition coefficient (Wildman–Crippen LogP) is 16.3. The first-order valence-corrected chi connectivity index (χ1v) is 25.4. The molecule has 0 N–H and O–H groups in total. The molecule has 0 bridgehead atoms. The molecule has 0 aliphatic rings. The van der Waals surface area contributed by atoms with Gasteiger partial charge in [-0.15, -0.1) is 0 Å². The highest BCUT2D eigenvalue weighted by atomic mass is 16.6. The molecule has 0 aliphatic heterocycles. The fraction of sp³-hybridized carbons (Fsp3) is 0.941. The quantitative estimate of drug-likeness (QED) is 0.0346. The van der Waals surface area contributed by atoms with Crippen molar-refractivity contribution in [3.05, 3.63) is 0 Å². The number of carbonyl (C=O) groups is 3. The van der Waals surface area contributed by atoms with Crippen LogP contribution in [0.1, 0.15) is 285 Å². The molecule has 6 heteroatoms. The van der Waals surface area contributed by atoms with Gasteiger partial charge in [0.15, 0.2) is 6.10 Å². The molecule has 0 aromatic heterocycles. The third-order valence-corrected chi connectivity index (χ3v) is 11.5. The first kappa shape index (κ1) is 55.4. The summed E-state index contributed by atoms with van der Waals surface area (Å²) in [4.78, 5) is 37.8. The molecular weight excluding hydrogens is 709 g/mol. The second-order valence-electron chi connectivity index (χ2n) is 17.9. The lowest BCUT2D eigenvalue weighted by atomic mass is 10.0. The Morgan fingerprint density at radius 3 is 0.860 bits per heavy atom. The number of ether oxygens (including phenoxy) is 3. The standard InChI is InChI=1S/C51H98O6/c1-5-7-9-11-13-15-17-18-19-20-21-22-24-26-32-36-40-44-51(54)57-48(45-55-49(52)42-38-34-30-25-23-16-14-12-10-8-6-2)46-56-50(53)43-39-35-31-28-27-29-33-37-41-47(3)4/h47-48H,5-46H2,1-4H3/t48-/m1/s1. The van der Waals surface area contributed by atoms with E-state index >= 15 is 0 Å². The molecule has 6 nitrogen and oxygen atoms in total. The number of unbranched alkanes of at least 4 members (excludes halogenated alkanes) is 33. The smallest absolute Gasteiger partial charge is 0.306 e. The Hall–Kier alpha value is -1.59. The summed E-state index contributed by atoms with van der Waals surface area (Å²) in [6.45, 7) is 8.98. The van der Waals surface area contributed by atoms with Crippen molar-refractivity contribution in [2.45, 2.75) is 291 Å². The summed E-state index contributed by atoms with van der Waals surface area (Å²) in [6.07, 6.45) is 46.6. The molecule has 0 unspecified atom stereocenters. The zero-order valence-electron chi connectivity index (χ0n) is 38.8. The monoisotopic (exact) mass is 807 g/mol. The summed E-state index contributed by atoms with van der Waals surface area (Å²) in [7, 11) is 0. The van der Waals surface area contributed by atoms with Crippen LogP contribution in [0.3, 0.4) is 0 Å². The fourth-order valence-electron chi connectivity index (χ4n) is 7.69. The van der Waals surface area contributed by atoms with Crippen molar-refractivity contribution < 1.29 is 28.6 Å². The Morgan fingerprint density at radius 1 is 0.333 bits per heavy atom. The fourth-order valence-corrected chi connectivity index (χ4v) is 7.69. The van der Waals surface area contributed by atoms with E-state index in [1.54, 1.807) is 0 Å². The van der Waals surface area contributed by atoms with E-state index in [2.05, 4.69) is 27.7 Å². The van der Waals surface area contributed by atoms with Crippen LogP contribution in [-0.4, -0.2) is 37.2 Å². The van der Waals surface area contributed by atoms with E-state index in [0.29, 0.717) is 19.3 Å².